The predicted molar refractivity (Wildman–Crippen MR) is 290 cm³/mol. The molecule has 8 heterocycles. The van der Waals surface area contributed by atoms with Crippen molar-refractivity contribution in [2.75, 3.05) is 57.4 Å². The third-order valence-electron chi connectivity index (χ3n) is 15.7. The van der Waals surface area contributed by atoms with Crippen molar-refractivity contribution >= 4 is 56.6 Å². The van der Waals surface area contributed by atoms with Gasteiger partial charge in [-0.3, -0.25) is 29.1 Å². The molecule has 426 valence electrons. The second kappa shape index (κ2) is 23.0. The van der Waals surface area contributed by atoms with Crippen LogP contribution in [0.2, 0.25) is 0 Å². The van der Waals surface area contributed by atoms with E-state index in [4.69, 9.17) is 9.47 Å². The van der Waals surface area contributed by atoms with E-state index in [1.807, 2.05) is 43.0 Å². The van der Waals surface area contributed by atoms with Crippen LogP contribution < -0.4 is 31.1 Å². The number of fused-ring (bicyclic) bond motifs is 4. The van der Waals surface area contributed by atoms with Crippen LogP contribution in [0.15, 0.2) is 65.0 Å². The molecule has 6 aromatic rings. The summed E-state index contributed by atoms with van der Waals surface area (Å²) in [6.45, 7) is 9.45. The van der Waals surface area contributed by atoms with Gasteiger partial charge in [0.25, 0.3) is 0 Å². The number of alkyl halides is 3. The highest BCUT2D eigenvalue weighted by Crippen LogP contribution is 2.41. The summed E-state index contributed by atoms with van der Waals surface area (Å²) >= 11 is 1.54. The predicted octanol–water partition coefficient (Wildman–Crippen LogP) is 6.59. The number of hydrogen-bond donors (Lipinski definition) is 5. The minimum atomic E-state index is -4.57. The SMILES string of the molecule is Cc1ncsc1-c1ccc([C@H](C)NC(=O)[C@@H]2C[C@@H](O)CN2C(=O)[C@@H](NC(=O)CCOCCCN2C[C@@H](C(F)(F)F)[C@H]2COc2nc(N3CC4CCC(C3)N4)c3cnc(-c4[nH]c(=O)cc5cccc(F)c45)c(F)c3n2)C(C)(C)C)cc1. The number of amides is 3. The fourth-order valence-electron chi connectivity index (χ4n) is 11.4. The van der Waals surface area contributed by atoms with E-state index in [9.17, 15) is 37.5 Å². The highest BCUT2D eigenvalue weighted by atomic mass is 32.1. The number of benzene rings is 2. The zero-order chi connectivity index (χ0) is 56.8. The van der Waals surface area contributed by atoms with Gasteiger partial charge in [0.2, 0.25) is 23.3 Å². The van der Waals surface area contributed by atoms with Crippen molar-refractivity contribution in [3.05, 3.63) is 93.5 Å². The number of likely N-dealkylation sites (tertiary alicyclic amines) is 2. The van der Waals surface area contributed by atoms with Crippen LogP contribution in [0.4, 0.5) is 27.8 Å². The number of nitrogens with zero attached hydrogens (tertiary/aromatic N) is 7. The van der Waals surface area contributed by atoms with Crippen LogP contribution in [0.1, 0.15) is 77.1 Å². The fraction of sp³-hybridized carbons (Fsp3) is 0.500. The molecule has 4 aromatic heterocycles. The Labute approximate surface area is 461 Å². The molecule has 24 heteroatoms. The first-order valence-corrected chi connectivity index (χ1v) is 27.8. The molecule has 0 saturated carbocycles. The number of aromatic nitrogens is 5. The summed E-state index contributed by atoms with van der Waals surface area (Å²) in [6.07, 6.45) is -2.18. The Hall–Kier alpha value is -6.73. The van der Waals surface area contributed by atoms with Crippen molar-refractivity contribution in [3.8, 4) is 27.8 Å². The monoisotopic (exact) mass is 1130 g/mol. The molecular formula is C56H64F5N11O7S. The van der Waals surface area contributed by atoms with E-state index in [0.717, 1.165) is 34.5 Å². The van der Waals surface area contributed by atoms with Gasteiger partial charge in [0.1, 0.15) is 41.5 Å². The summed E-state index contributed by atoms with van der Waals surface area (Å²) in [7, 11) is 0. The number of halogens is 5. The lowest BCUT2D eigenvalue weighted by molar-refractivity contribution is -0.234. The molecule has 2 aromatic carbocycles. The van der Waals surface area contributed by atoms with Gasteiger partial charge in [0.15, 0.2) is 5.82 Å². The number of aryl methyl sites for hydroxylation is 1. The highest BCUT2D eigenvalue weighted by Gasteiger charge is 2.54. The number of ether oxygens (including phenoxy) is 2. The first-order chi connectivity index (χ1) is 38.1. The van der Waals surface area contributed by atoms with E-state index >= 15 is 8.78 Å². The van der Waals surface area contributed by atoms with Crippen LogP contribution in [-0.4, -0.2) is 153 Å². The summed E-state index contributed by atoms with van der Waals surface area (Å²) < 4.78 is 87.2. The Morgan fingerprint density at radius 1 is 0.963 bits per heavy atom. The highest BCUT2D eigenvalue weighted by molar-refractivity contribution is 7.13. The second-order valence-electron chi connectivity index (χ2n) is 22.4. The molecule has 2 bridgehead atoms. The smallest absolute Gasteiger partial charge is 0.394 e. The number of aromatic amines is 1. The van der Waals surface area contributed by atoms with Gasteiger partial charge in [-0.1, -0.05) is 57.2 Å². The van der Waals surface area contributed by atoms with Gasteiger partial charge in [-0.2, -0.15) is 23.1 Å². The molecule has 0 aliphatic carbocycles. The summed E-state index contributed by atoms with van der Waals surface area (Å²) in [5, 5.41) is 20.4. The summed E-state index contributed by atoms with van der Waals surface area (Å²) in [5.74, 6) is -4.65. The first kappa shape index (κ1) is 56.5. The molecule has 8 atom stereocenters. The number of carbonyl (C=O) groups is 3. The van der Waals surface area contributed by atoms with E-state index in [2.05, 4.69) is 40.9 Å². The van der Waals surface area contributed by atoms with E-state index in [0.29, 0.717) is 19.5 Å². The van der Waals surface area contributed by atoms with Gasteiger partial charge in [-0.25, -0.2) is 13.8 Å². The minimum Gasteiger partial charge on any atom is -0.462 e. The van der Waals surface area contributed by atoms with Crippen LogP contribution in [0.5, 0.6) is 6.01 Å². The number of H-pyrrole nitrogens is 1. The Balaban J connectivity index is 0.749. The van der Waals surface area contributed by atoms with Crippen molar-refractivity contribution in [3.63, 3.8) is 0 Å². The Bertz CT molecular complexity index is 3330. The fourth-order valence-corrected chi connectivity index (χ4v) is 12.2. The number of aliphatic hydroxyl groups is 1. The molecule has 0 spiro atoms. The Morgan fingerprint density at radius 3 is 2.41 bits per heavy atom. The summed E-state index contributed by atoms with van der Waals surface area (Å²) in [6, 6.07) is 9.34. The third-order valence-corrected chi connectivity index (χ3v) is 16.6. The van der Waals surface area contributed by atoms with E-state index in [1.54, 1.807) is 42.5 Å². The van der Waals surface area contributed by atoms with Crippen molar-refractivity contribution in [1.82, 2.24) is 50.7 Å². The molecule has 4 aliphatic heterocycles. The van der Waals surface area contributed by atoms with Gasteiger partial charge in [0, 0.05) is 81.9 Å². The average molecular weight is 1130 g/mol. The number of carbonyl (C=O) groups excluding carboxylic acids is 3. The largest absolute Gasteiger partial charge is 0.462 e. The number of hydrogen-bond acceptors (Lipinski definition) is 15. The van der Waals surface area contributed by atoms with E-state index in [-0.39, 0.29) is 97.0 Å². The number of anilines is 1. The lowest BCUT2D eigenvalue weighted by Gasteiger charge is -2.48. The molecule has 4 fully saturated rings. The number of aliphatic hydroxyl groups excluding tert-OH is 1. The maximum atomic E-state index is 16.9. The Kier molecular flexibility index (Phi) is 16.3. The normalized spacial score (nSPS) is 22.1. The molecular weight excluding hydrogens is 1070 g/mol. The lowest BCUT2D eigenvalue weighted by Crippen LogP contribution is -2.63. The van der Waals surface area contributed by atoms with Crippen LogP contribution >= 0.6 is 11.3 Å². The molecule has 3 amide bonds. The molecule has 5 N–H and O–H groups in total. The quantitative estimate of drug-likeness (QED) is 0.0453. The number of β-amino-alcohol motifs (C(OH)–C–C–N with tert-alkyl or cyclic N) is 1. The van der Waals surface area contributed by atoms with Crippen LogP contribution in [0, 0.1) is 29.9 Å². The lowest BCUT2D eigenvalue weighted by atomic mass is 9.85. The van der Waals surface area contributed by atoms with Gasteiger partial charge in [0.05, 0.1) is 57.9 Å². The standard InChI is InChI=1S/C56H64F5N11O7S/c1-29(31-10-12-32(13-11-31)49-30(2)63-28-80-49)64-52(76)40-21-36(73)25-72(40)53(77)50(55(3,4)5)67-42(74)16-19-78-18-7-17-70-26-38(56(59,60)61)41(70)27-79-54-68-46-37(51(69-54)71-23-34-14-15-35(24-71)65-34)22-62-48(45(46)58)47-44-33(20-43(75)66-47)8-6-9-39(44)57/h6,8-13,20,22,28-29,34-36,38,40-41,50,65,73H,7,14-19,21,23-27H2,1-5H3,(H,64,76)(H,66,75)(H,67,74)/t29-,34?,35?,36+,38+,40-,41+,50+/m0/s1. The van der Waals surface area contributed by atoms with Crippen molar-refractivity contribution in [2.45, 2.75) is 115 Å². The third kappa shape index (κ3) is 12.0. The maximum Gasteiger partial charge on any atom is 0.394 e. The number of nitrogens with one attached hydrogen (secondary N) is 4. The van der Waals surface area contributed by atoms with Crippen molar-refractivity contribution < 1.29 is 50.9 Å². The average Bonchev–Trinajstić information content (AvgIpc) is 4.17. The second-order valence-corrected chi connectivity index (χ2v) is 23.2. The zero-order valence-electron chi connectivity index (χ0n) is 44.9. The first-order valence-electron chi connectivity index (χ1n) is 26.9. The number of piperazine rings is 1. The molecule has 18 nitrogen and oxygen atoms in total. The topological polar surface area (TPSA) is 220 Å². The van der Waals surface area contributed by atoms with E-state index < -0.39 is 95.0 Å². The molecule has 80 heavy (non-hydrogen) atoms. The number of thiazole rings is 1. The van der Waals surface area contributed by atoms with Crippen LogP contribution in [0.25, 0.3) is 43.5 Å². The summed E-state index contributed by atoms with van der Waals surface area (Å²) in [4.78, 5) is 80.1. The van der Waals surface area contributed by atoms with Crippen LogP contribution in [-0.2, 0) is 19.1 Å². The van der Waals surface area contributed by atoms with Gasteiger partial charge < -0.3 is 45.3 Å². The number of pyridine rings is 2. The van der Waals surface area contributed by atoms with Crippen molar-refractivity contribution in [2.24, 2.45) is 11.3 Å². The minimum absolute atomic E-state index is 0.0239. The summed E-state index contributed by atoms with van der Waals surface area (Å²) in [5.41, 5.74) is 2.29. The molecule has 4 aliphatic rings. The van der Waals surface area contributed by atoms with E-state index in [1.165, 1.54) is 35.4 Å². The van der Waals surface area contributed by atoms with Gasteiger partial charge in [-0.05, 0) is 61.1 Å². The maximum absolute atomic E-state index is 16.9. The molecule has 10 rings (SSSR count). The van der Waals surface area contributed by atoms with Gasteiger partial charge >= 0.3 is 12.2 Å². The molecule has 0 radical (unpaired) electrons. The number of rotatable bonds is 18. The van der Waals surface area contributed by atoms with Gasteiger partial charge in [-0.15, -0.1) is 11.3 Å². The molecule has 2 unspecified atom stereocenters. The molecule has 4 saturated heterocycles. The zero-order valence-corrected chi connectivity index (χ0v) is 45.7. The van der Waals surface area contributed by atoms with Crippen molar-refractivity contribution in [1.29, 1.82) is 0 Å². The van der Waals surface area contributed by atoms with Crippen LogP contribution in [0.3, 0.4) is 0 Å². The Morgan fingerprint density at radius 2 is 1.71 bits per heavy atom.